The van der Waals surface area contributed by atoms with Crippen LogP contribution in [0.5, 0.6) is 5.75 Å². The van der Waals surface area contributed by atoms with Gasteiger partial charge in [-0.25, -0.2) is 0 Å². The molecule has 2 unspecified atom stereocenters. The van der Waals surface area contributed by atoms with Crippen LogP contribution in [0.1, 0.15) is 34.5 Å². The summed E-state index contributed by atoms with van der Waals surface area (Å²) in [5.74, 6) is 1.38. The van der Waals surface area contributed by atoms with Crippen molar-refractivity contribution in [3.05, 3.63) is 52.2 Å². The van der Waals surface area contributed by atoms with Gasteiger partial charge in [0.15, 0.2) is 0 Å². The number of ether oxygens (including phenoxy) is 1. The molecule has 2 aliphatic rings. The molecule has 1 aliphatic heterocycles. The van der Waals surface area contributed by atoms with Gasteiger partial charge in [-0.1, -0.05) is 18.2 Å². The molecule has 0 spiro atoms. The molecule has 6 heteroatoms. The molecule has 4 rings (SSSR count). The van der Waals surface area contributed by atoms with Crippen LogP contribution in [0.25, 0.3) is 0 Å². The summed E-state index contributed by atoms with van der Waals surface area (Å²) in [6.07, 6.45) is 0.959. The molecular weight excluding hydrogens is 360 g/mol. The van der Waals surface area contributed by atoms with Crippen LogP contribution < -0.4 is 4.74 Å². The van der Waals surface area contributed by atoms with Gasteiger partial charge in [-0.15, -0.1) is 11.3 Å². The predicted octanol–water partition coefficient (Wildman–Crippen LogP) is 3.23. The Balaban J connectivity index is 1.34. The Morgan fingerprint density at radius 2 is 1.81 bits per heavy atom. The van der Waals surface area contributed by atoms with Gasteiger partial charge in [0.1, 0.15) is 5.75 Å². The minimum atomic E-state index is -0.0194. The second-order valence-corrected chi connectivity index (χ2v) is 7.99. The van der Waals surface area contributed by atoms with Gasteiger partial charge < -0.3 is 14.5 Å². The summed E-state index contributed by atoms with van der Waals surface area (Å²) in [6, 6.07) is 11.5. The van der Waals surface area contributed by atoms with E-state index in [1.165, 1.54) is 4.88 Å². The van der Waals surface area contributed by atoms with Crippen molar-refractivity contribution < 1.29 is 14.3 Å². The molecule has 0 bridgehead atoms. The molecule has 2 fully saturated rings. The molecule has 0 N–H and O–H groups in total. The highest BCUT2D eigenvalue weighted by Gasteiger charge is 2.46. The summed E-state index contributed by atoms with van der Waals surface area (Å²) >= 11 is 1.73. The third kappa shape index (κ3) is 3.72. The lowest BCUT2D eigenvalue weighted by atomic mass is 10.1. The summed E-state index contributed by atoms with van der Waals surface area (Å²) in [6.45, 7) is 4.79. The first-order valence-corrected chi connectivity index (χ1v) is 10.4. The van der Waals surface area contributed by atoms with Gasteiger partial charge in [0.05, 0.1) is 12.2 Å². The second kappa shape index (κ2) is 7.72. The zero-order valence-electron chi connectivity index (χ0n) is 15.5. The molecule has 1 aromatic carbocycles. The van der Waals surface area contributed by atoms with E-state index in [0.717, 1.165) is 6.42 Å². The number of thiophene rings is 1. The third-order valence-electron chi connectivity index (χ3n) is 5.31. The minimum Gasteiger partial charge on any atom is -0.493 e. The van der Waals surface area contributed by atoms with E-state index in [1.54, 1.807) is 17.4 Å². The molecule has 142 valence electrons. The van der Waals surface area contributed by atoms with Crippen molar-refractivity contribution >= 4 is 23.2 Å². The van der Waals surface area contributed by atoms with Crippen LogP contribution in [-0.4, -0.2) is 54.4 Å². The Bertz CT molecular complexity index is 813. The van der Waals surface area contributed by atoms with Gasteiger partial charge >= 0.3 is 0 Å². The maximum Gasteiger partial charge on any atom is 0.257 e. The summed E-state index contributed by atoms with van der Waals surface area (Å²) in [7, 11) is 0. The number of piperazine rings is 1. The summed E-state index contributed by atoms with van der Waals surface area (Å²) in [5, 5.41) is 2.07. The van der Waals surface area contributed by atoms with Gasteiger partial charge in [-0.05, 0) is 36.9 Å². The number of para-hydroxylation sites is 1. The van der Waals surface area contributed by atoms with Gasteiger partial charge in [-0.2, -0.15) is 0 Å². The van der Waals surface area contributed by atoms with Crippen LogP contribution in [0.15, 0.2) is 41.8 Å². The lowest BCUT2D eigenvalue weighted by molar-refractivity contribution is -0.134. The van der Waals surface area contributed by atoms with Crippen LogP contribution in [-0.2, 0) is 4.79 Å². The Hall–Kier alpha value is -2.34. The molecule has 2 atom stereocenters. The molecule has 1 aliphatic carbocycles. The third-order valence-corrected chi connectivity index (χ3v) is 6.32. The number of benzene rings is 1. The fourth-order valence-corrected chi connectivity index (χ4v) is 4.65. The number of rotatable bonds is 5. The number of amides is 2. The lowest BCUT2D eigenvalue weighted by Gasteiger charge is -2.35. The Kier molecular flexibility index (Phi) is 5.16. The van der Waals surface area contributed by atoms with E-state index in [9.17, 15) is 9.59 Å². The van der Waals surface area contributed by atoms with Crippen molar-refractivity contribution in [3.8, 4) is 5.75 Å². The first kappa shape index (κ1) is 18.0. The van der Waals surface area contributed by atoms with Crippen molar-refractivity contribution in [2.45, 2.75) is 19.3 Å². The Labute approximate surface area is 163 Å². The topological polar surface area (TPSA) is 49.9 Å². The number of hydrogen-bond donors (Lipinski definition) is 0. The number of nitrogens with zero attached hydrogens (tertiary/aromatic N) is 2. The van der Waals surface area contributed by atoms with Crippen molar-refractivity contribution in [2.75, 3.05) is 32.8 Å². The number of hydrogen-bond acceptors (Lipinski definition) is 4. The Morgan fingerprint density at radius 1 is 1.07 bits per heavy atom. The average Bonchev–Trinajstić information content (AvgIpc) is 3.32. The SMILES string of the molecule is CCOc1ccccc1C(=O)N1CCN(C(=O)C2CC2c2cccs2)CC1. The van der Waals surface area contributed by atoms with Crippen molar-refractivity contribution in [3.63, 3.8) is 0 Å². The van der Waals surface area contributed by atoms with Crippen LogP contribution in [0.3, 0.4) is 0 Å². The maximum atomic E-state index is 12.9. The average molecular weight is 385 g/mol. The summed E-state index contributed by atoms with van der Waals surface area (Å²) in [5.41, 5.74) is 0.596. The monoisotopic (exact) mass is 384 g/mol. The highest BCUT2D eigenvalue weighted by Crippen LogP contribution is 2.50. The van der Waals surface area contributed by atoms with Crippen molar-refractivity contribution in [2.24, 2.45) is 5.92 Å². The zero-order chi connectivity index (χ0) is 18.8. The molecular formula is C21H24N2O3S. The number of carbonyl (C=O) groups excluding carboxylic acids is 2. The van der Waals surface area contributed by atoms with E-state index in [2.05, 4.69) is 11.4 Å². The highest BCUT2D eigenvalue weighted by atomic mass is 32.1. The molecule has 1 saturated carbocycles. The molecule has 5 nitrogen and oxygen atoms in total. The molecule has 1 saturated heterocycles. The van der Waals surface area contributed by atoms with E-state index in [4.69, 9.17) is 4.74 Å². The predicted molar refractivity (Wildman–Crippen MR) is 105 cm³/mol. The van der Waals surface area contributed by atoms with Crippen LogP contribution in [0.4, 0.5) is 0 Å². The van der Waals surface area contributed by atoms with Gasteiger partial charge in [0, 0.05) is 42.9 Å². The molecule has 2 aromatic rings. The lowest BCUT2D eigenvalue weighted by Crippen LogP contribution is -2.51. The van der Waals surface area contributed by atoms with Crippen molar-refractivity contribution in [1.29, 1.82) is 0 Å². The van der Waals surface area contributed by atoms with Crippen LogP contribution in [0.2, 0.25) is 0 Å². The minimum absolute atomic E-state index is 0.0194. The standard InChI is InChI=1S/C21H24N2O3S/c1-2-26-18-7-4-3-6-15(18)20(24)22-9-11-23(12-10-22)21(25)17-14-16(17)19-8-5-13-27-19/h3-8,13,16-17H,2,9-12,14H2,1H3. The molecule has 2 heterocycles. The van der Waals surface area contributed by atoms with Gasteiger partial charge in [0.2, 0.25) is 5.91 Å². The fraction of sp³-hybridized carbons (Fsp3) is 0.429. The van der Waals surface area contributed by atoms with Crippen molar-refractivity contribution in [1.82, 2.24) is 9.80 Å². The highest BCUT2D eigenvalue weighted by molar-refractivity contribution is 7.10. The van der Waals surface area contributed by atoms with E-state index in [-0.39, 0.29) is 17.7 Å². The smallest absolute Gasteiger partial charge is 0.257 e. The summed E-state index contributed by atoms with van der Waals surface area (Å²) < 4.78 is 5.58. The van der Waals surface area contributed by atoms with E-state index < -0.39 is 0 Å². The van der Waals surface area contributed by atoms with E-state index >= 15 is 0 Å². The van der Waals surface area contributed by atoms with Gasteiger partial charge in [-0.3, -0.25) is 9.59 Å². The normalized spacial score (nSPS) is 21.8. The van der Waals surface area contributed by atoms with E-state index in [0.29, 0.717) is 50.0 Å². The second-order valence-electron chi connectivity index (χ2n) is 7.01. The molecule has 0 radical (unpaired) electrons. The largest absolute Gasteiger partial charge is 0.493 e. The molecule has 27 heavy (non-hydrogen) atoms. The fourth-order valence-electron chi connectivity index (χ4n) is 3.74. The van der Waals surface area contributed by atoms with Crippen LogP contribution in [0, 0.1) is 5.92 Å². The van der Waals surface area contributed by atoms with Gasteiger partial charge in [0.25, 0.3) is 5.91 Å². The first-order chi connectivity index (χ1) is 13.2. The zero-order valence-corrected chi connectivity index (χ0v) is 16.3. The first-order valence-electron chi connectivity index (χ1n) is 9.52. The maximum absolute atomic E-state index is 12.9. The molecule has 2 amide bonds. The van der Waals surface area contributed by atoms with Crippen LogP contribution >= 0.6 is 11.3 Å². The van der Waals surface area contributed by atoms with E-state index in [1.807, 2.05) is 41.0 Å². The summed E-state index contributed by atoms with van der Waals surface area (Å²) in [4.78, 5) is 30.7. The number of carbonyl (C=O) groups is 2. The quantitative estimate of drug-likeness (QED) is 0.795. The Morgan fingerprint density at radius 3 is 2.52 bits per heavy atom. The molecule has 1 aromatic heterocycles.